The highest BCUT2D eigenvalue weighted by Gasteiger charge is 2.13. The number of nitrogens with one attached hydrogen (secondary N) is 1. The molecular weight excluding hydrogens is 228 g/mol. The molecule has 0 radical (unpaired) electrons. The number of hydrogen-bond donors (Lipinski definition) is 2. The quantitative estimate of drug-likeness (QED) is 0.617. The highest BCUT2D eigenvalue weighted by atomic mass is 16.5. The summed E-state index contributed by atoms with van der Waals surface area (Å²) in [5.74, 6) is 0. The molecule has 0 fully saturated rings. The fourth-order valence-electron chi connectivity index (χ4n) is 1.39. The molecule has 18 heavy (non-hydrogen) atoms. The molecule has 0 rings (SSSR count). The van der Waals surface area contributed by atoms with Gasteiger partial charge in [0.1, 0.15) is 0 Å². The Morgan fingerprint density at radius 2 is 1.89 bits per heavy atom. The standard InChI is InChI=1S/C14H32N2O2/c1-12(2)16(6)9-7-8-15-10-13(17)11-18-14(3,4)5/h12-13,15,17H,7-11H2,1-6H3. The molecule has 0 aromatic heterocycles. The lowest BCUT2D eigenvalue weighted by atomic mass is 10.2. The number of rotatable bonds is 9. The first-order valence-corrected chi connectivity index (χ1v) is 6.95. The second kappa shape index (κ2) is 8.86. The van der Waals surface area contributed by atoms with Crippen molar-refractivity contribution in [1.29, 1.82) is 0 Å². The van der Waals surface area contributed by atoms with Crippen molar-refractivity contribution in [3.05, 3.63) is 0 Å². The van der Waals surface area contributed by atoms with Gasteiger partial charge < -0.3 is 20.1 Å². The van der Waals surface area contributed by atoms with Crippen LogP contribution in [0.25, 0.3) is 0 Å². The minimum atomic E-state index is -0.424. The van der Waals surface area contributed by atoms with Crippen LogP contribution in [-0.4, -0.2) is 61.0 Å². The highest BCUT2D eigenvalue weighted by Crippen LogP contribution is 2.06. The van der Waals surface area contributed by atoms with Crippen LogP contribution >= 0.6 is 0 Å². The van der Waals surface area contributed by atoms with E-state index >= 15 is 0 Å². The minimum Gasteiger partial charge on any atom is -0.389 e. The maximum absolute atomic E-state index is 9.71. The molecular formula is C14H32N2O2. The second-order valence-electron chi connectivity index (χ2n) is 6.21. The van der Waals surface area contributed by atoms with Gasteiger partial charge in [-0.3, -0.25) is 0 Å². The summed E-state index contributed by atoms with van der Waals surface area (Å²) in [6.07, 6.45) is 0.675. The van der Waals surface area contributed by atoms with Crippen molar-refractivity contribution in [2.75, 3.05) is 33.3 Å². The van der Waals surface area contributed by atoms with Gasteiger partial charge in [-0.25, -0.2) is 0 Å². The topological polar surface area (TPSA) is 44.7 Å². The average Bonchev–Trinajstić information content (AvgIpc) is 2.24. The van der Waals surface area contributed by atoms with Crippen LogP contribution in [0.4, 0.5) is 0 Å². The third kappa shape index (κ3) is 11.0. The summed E-state index contributed by atoms with van der Waals surface area (Å²) in [4.78, 5) is 2.32. The first-order chi connectivity index (χ1) is 8.22. The number of aliphatic hydroxyl groups excluding tert-OH is 1. The molecule has 1 unspecified atom stereocenters. The van der Waals surface area contributed by atoms with Crippen LogP contribution in [0.3, 0.4) is 0 Å². The molecule has 0 spiro atoms. The Hall–Kier alpha value is -0.160. The lowest BCUT2D eigenvalue weighted by Gasteiger charge is -2.23. The van der Waals surface area contributed by atoms with Crippen molar-refractivity contribution in [2.45, 2.75) is 58.8 Å². The largest absolute Gasteiger partial charge is 0.389 e. The van der Waals surface area contributed by atoms with Crippen LogP contribution in [0.15, 0.2) is 0 Å². The molecule has 0 aromatic carbocycles. The zero-order valence-corrected chi connectivity index (χ0v) is 13.0. The summed E-state index contributed by atoms with van der Waals surface area (Å²) in [6, 6.07) is 0.593. The van der Waals surface area contributed by atoms with E-state index in [1.807, 2.05) is 20.8 Å². The fourth-order valence-corrected chi connectivity index (χ4v) is 1.39. The normalized spacial score (nSPS) is 14.5. The smallest absolute Gasteiger partial charge is 0.0897 e. The Morgan fingerprint density at radius 3 is 2.39 bits per heavy atom. The van der Waals surface area contributed by atoms with E-state index in [0.717, 1.165) is 19.5 Å². The Balaban J connectivity index is 3.43. The van der Waals surface area contributed by atoms with Crippen LogP contribution in [0.5, 0.6) is 0 Å². The Morgan fingerprint density at radius 1 is 1.28 bits per heavy atom. The van der Waals surface area contributed by atoms with Crippen molar-refractivity contribution in [3.63, 3.8) is 0 Å². The van der Waals surface area contributed by atoms with E-state index in [2.05, 4.69) is 31.1 Å². The lowest BCUT2D eigenvalue weighted by molar-refractivity contribution is -0.0478. The minimum absolute atomic E-state index is 0.180. The molecule has 2 N–H and O–H groups in total. The van der Waals surface area contributed by atoms with Gasteiger partial charge in [-0.1, -0.05) is 0 Å². The van der Waals surface area contributed by atoms with Gasteiger partial charge in [0.25, 0.3) is 0 Å². The van der Waals surface area contributed by atoms with E-state index in [4.69, 9.17) is 4.74 Å². The third-order valence-corrected chi connectivity index (χ3v) is 2.83. The molecule has 0 aliphatic rings. The average molecular weight is 260 g/mol. The van der Waals surface area contributed by atoms with Crippen LogP contribution in [0.1, 0.15) is 41.0 Å². The fraction of sp³-hybridized carbons (Fsp3) is 1.00. The summed E-state index contributed by atoms with van der Waals surface area (Å²) in [7, 11) is 2.14. The van der Waals surface area contributed by atoms with Gasteiger partial charge in [-0.2, -0.15) is 0 Å². The van der Waals surface area contributed by atoms with Gasteiger partial charge in [0.15, 0.2) is 0 Å². The molecule has 0 aliphatic carbocycles. The Bertz CT molecular complexity index is 202. The van der Waals surface area contributed by atoms with E-state index in [1.54, 1.807) is 0 Å². The number of ether oxygens (including phenoxy) is 1. The third-order valence-electron chi connectivity index (χ3n) is 2.83. The molecule has 4 heteroatoms. The van der Waals surface area contributed by atoms with Gasteiger partial charge in [0, 0.05) is 12.6 Å². The van der Waals surface area contributed by atoms with Crippen molar-refractivity contribution < 1.29 is 9.84 Å². The molecule has 0 saturated carbocycles. The zero-order chi connectivity index (χ0) is 14.2. The molecule has 0 amide bonds. The van der Waals surface area contributed by atoms with Crippen LogP contribution in [0, 0.1) is 0 Å². The summed E-state index contributed by atoms with van der Waals surface area (Å²) in [5, 5.41) is 13.0. The molecule has 0 aromatic rings. The number of hydrogen-bond acceptors (Lipinski definition) is 4. The van der Waals surface area contributed by atoms with Crippen LogP contribution in [0.2, 0.25) is 0 Å². The maximum Gasteiger partial charge on any atom is 0.0897 e. The predicted molar refractivity (Wildman–Crippen MR) is 77.0 cm³/mol. The number of nitrogens with zero attached hydrogens (tertiary/aromatic N) is 1. The van der Waals surface area contributed by atoms with Gasteiger partial charge in [0.05, 0.1) is 18.3 Å². The van der Waals surface area contributed by atoms with Crippen LogP contribution < -0.4 is 5.32 Å². The summed E-state index contributed by atoms with van der Waals surface area (Å²) >= 11 is 0. The predicted octanol–water partition coefficient (Wildman–Crippen LogP) is 1.48. The zero-order valence-electron chi connectivity index (χ0n) is 13.0. The monoisotopic (exact) mass is 260 g/mol. The first kappa shape index (κ1) is 17.8. The second-order valence-corrected chi connectivity index (χ2v) is 6.21. The van der Waals surface area contributed by atoms with E-state index in [-0.39, 0.29) is 5.60 Å². The molecule has 0 saturated heterocycles. The molecule has 1 atom stereocenters. The lowest BCUT2D eigenvalue weighted by Crippen LogP contribution is -2.35. The summed E-state index contributed by atoms with van der Waals surface area (Å²) in [5.41, 5.74) is -0.180. The maximum atomic E-state index is 9.71. The van der Waals surface area contributed by atoms with E-state index < -0.39 is 6.10 Å². The Kier molecular flexibility index (Phi) is 8.78. The van der Waals surface area contributed by atoms with Gasteiger partial charge in [-0.15, -0.1) is 0 Å². The van der Waals surface area contributed by atoms with Crippen molar-refractivity contribution in [2.24, 2.45) is 0 Å². The molecule has 110 valence electrons. The van der Waals surface area contributed by atoms with Gasteiger partial charge >= 0.3 is 0 Å². The van der Waals surface area contributed by atoms with Crippen molar-refractivity contribution >= 4 is 0 Å². The van der Waals surface area contributed by atoms with E-state index in [0.29, 0.717) is 19.2 Å². The van der Waals surface area contributed by atoms with Gasteiger partial charge in [0.2, 0.25) is 0 Å². The van der Waals surface area contributed by atoms with E-state index in [9.17, 15) is 5.11 Å². The summed E-state index contributed by atoms with van der Waals surface area (Å²) < 4.78 is 5.52. The van der Waals surface area contributed by atoms with Crippen LogP contribution in [-0.2, 0) is 4.74 Å². The highest BCUT2D eigenvalue weighted by molar-refractivity contribution is 4.64. The number of aliphatic hydroxyl groups is 1. The first-order valence-electron chi connectivity index (χ1n) is 6.95. The van der Waals surface area contributed by atoms with Crippen molar-refractivity contribution in [1.82, 2.24) is 10.2 Å². The summed E-state index contributed by atoms with van der Waals surface area (Å²) in [6.45, 7) is 13.4. The van der Waals surface area contributed by atoms with E-state index in [1.165, 1.54) is 0 Å². The molecule has 0 bridgehead atoms. The van der Waals surface area contributed by atoms with Crippen molar-refractivity contribution in [3.8, 4) is 0 Å². The van der Waals surface area contributed by atoms with Gasteiger partial charge in [-0.05, 0) is 61.2 Å². The SMILES string of the molecule is CC(C)N(C)CCCNCC(O)COC(C)(C)C. The molecule has 0 heterocycles. The molecule has 0 aliphatic heterocycles. The Labute approximate surface area is 113 Å². The molecule has 4 nitrogen and oxygen atoms in total.